The van der Waals surface area contributed by atoms with Crippen LogP contribution in [0.5, 0.6) is 0 Å². The van der Waals surface area contributed by atoms with Crippen LogP contribution in [0.25, 0.3) is 0 Å². The number of nitrogens with zero attached hydrogens (tertiary/aromatic N) is 2. The van der Waals surface area contributed by atoms with Crippen LogP contribution in [0.4, 0.5) is 0 Å². The van der Waals surface area contributed by atoms with Crippen LogP contribution in [0.15, 0.2) is 39.9 Å². The van der Waals surface area contributed by atoms with Gasteiger partial charge in [0.15, 0.2) is 5.69 Å². The van der Waals surface area contributed by atoms with Crippen LogP contribution in [0.2, 0.25) is 0 Å². The predicted octanol–water partition coefficient (Wildman–Crippen LogP) is 2.24. The molecule has 2 aromatic rings. The van der Waals surface area contributed by atoms with Crippen LogP contribution in [-0.2, 0) is 0 Å². The molecule has 0 radical (unpaired) electrons. The van der Waals surface area contributed by atoms with Crippen LogP contribution in [0.1, 0.15) is 21.7 Å². The summed E-state index contributed by atoms with van der Waals surface area (Å²) in [4.78, 5) is 11.6. The molecule has 0 aliphatic carbocycles. The molecule has 2 N–H and O–H groups in total. The van der Waals surface area contributed by atoms with E-state index in [4.69, 9.17) is 0 Å². The molecule has 92 valence electrons. The molecule has 1 aromatic heterocycles. The van der Waals surface area contributed by atoms with E-state index in [9.17, 15) is 4.79 Å². The Labute approximate surface area is 112 Å². The van der Waals surface area contributed by atoms with Gasteiger partial charge in [-0.05, 0) is 30.7 Å². The van der Waals surface area contributed by atoms with Crippen molar-refractivity contribution in [2.45, 2.75) is 6.92 Å². The van der Waals surface area contributed by atoms with E-state index >= 15 is 0 Å². The van der Waals surface area contributed by atoms with E-state index in [1.807, 2.05) is 31.2 Å². The molecule has 1 amide bonds. The Morgan fingerprint density at radius 2 is 2.17 bits per heavy atom. The zero-order valence-electron chi connectivity index (χ0n) is 9.64. The van der Waals surface area contributed by atoms with Crippen molar-refractivity contribution in [1.29, 1.82) is 0 Å². The molecule has 0 unspecified atom stereocenters. The van der Waals surface area contributed by atoms with Crippen LogP contribution >= 0.6 is 15.9 Å². The number of amides is 1. The molecular formula is C12H11BrN4O. The molecule has 0 bridgehead atoms. The van der Waals surface area contributed by atoms with Crippen molar-refractivity contribution in [3.8, 4) is 0 Å². The van der Waals surface area contributed by atoms with Gasteiger partial charge >= 0.3 is 0 Å². The van der Waals surface area contributed by atoms with Crippen LogP contribution in [0, 0.1) is 6.92 Å². The summed E-state index contributed by atoms with van der Waals surface area (Å²) in [6.45, 7) is 1.83. The predicted molar refractivity (Wildman–Crippen MR) is 72.5 cm³/mol. The Morgan fingerprint density at radius 1 is 1.44 bits per heavy atom. The average Bonchev–Trinajstić information content (AvgIpc) is 2.78. The number of hydrogen-bond acceptors (Lipinski definition) is 3. The van der Waals surface area contributed by atoms with E-state index in [1.54, 1.807) is 12.3 Å². The van der Waals surface area contributed by atoms with Gasteiger partial charge in [-0.3, -0.25) is 9.89 Å². The minimum absolute atomic E-state index is 0.320. The van der Waals surface area contributed by atoms with Crippen molar-refractivity contribution in [3.63, 3.8) is 0 Å². The second-order valence-corrected chi connectivity index (χ2v) is 4.60. The number of carbonyl (C=O) groups excluding carboxylic acids is 1. The van der Waals surface area contributed by atoms with Crippen molar-refractivity contribution in [2.75, 3.05) is 0 Å². The Morgan fingerprint density at radius 3 is 2.78 bits per heavy atom. The van der Waals surface area contributed by atoms with E-state index in [-0.39, 0.29) is 5.91 Å². The van der Waals surface area contributed by atoms with Gasteiger partial charge in [-0.1, -0.05) is 28.1 Å². The molecule has 18 heavy (non-hydrogen) atoms. The summed E-state index contributed by atoms with van der Waals surface area (Å²) < 4.78 is 0.996. The first-order valence-electron chi connectivity index (χ1n) is 5.26. The number of H-pyrrole nitrogens is 1. The largest absolute Gasteiger partial charge is 0.291 e. The number of aromatic amines is 1. The fourth-order valence-corrected chi connectivity index (χ4v) is 1.57. The summed E-state index contributed by atoms with van der Waals surface area (Å²) in [5.41, 5.74) is 4.46. The molecule has 1 heterocycles. The number of carbonyl (C=O) groups is 1. The fraction of sp³-hybridized carbons (Fsp3) is 0.0833. The van der Waals surface area contributed by atoms with Crippen LogP contribution in [-0.4, -0.2) is 22.3 Å². The maximum atomic E-state index is 11.6. The number of halogens is 1. The average molecular weight is 307 g/mol. The highest BCUT2D eigenvalue weighted by atomic mass is 79.9. The molecule has 0 aliphatic rings. The fourth-order valence-electron chi connectivity index (χ4n) is 1.31. The molecule has 1 aromatic carbocycles. The summed E-state index contributed by atoms with van der Waals surface area (Å²) in [6.07, 6.45) is 1.57. The van der Waals surface area contributed by atoms with E-state index in [1.165, 1.54) is 0 Å². The van der Waals surface area contributed by atoms with Gasteiger partial charge in [0.1, 0.15) is 0 Å². The monoisotopic (exact) mass is 306 g/mol. The van der Waals surface area contributed by atoms with Gasteiger partial charge in [0.25, 0.3) is 5.91 Å². The number of hydrogen-bond donors (Lipinski definition) is 2. The van der Waals surface area contributed by atoms with Gasteiger partial charge in [0, 0.05) is 10.2 Å². The lowest BCUT2D eigenvalue weighted by Crippen LogP contribution is -2.17. The molecule has 5 nitrogen and oxygen atoms in total. The van der Waals surface area contributed by atoms with Gasteiger partial charge in [0.05, 0.1) is 6.21 Å². The Hall–Kier alpha value is -1.95. The Kier molecular flexibility index (Phi) is 3.88. The maximum absolute atomic E-state index is 11.6. The van der Waals surface area contributed by atoms with Crippen molar-refractivity contribution in [1.82, 2.24) is 15.6 Å². The van der Waals surface area contributed by atoms with Gasteiger partial charge < -0.3 is 0 Å². The van der Waals surface area contributed by atoms with E-state index in [2.05, 4.69) is 36.7 Å². The third-order valence-corrected chi connectivity index (χ3v) is 2.72. The second kappa shape index (κ2) is 5.59. The minimum Gasteiger partial charge on any atom is -0.282 e. The van der Waals surface area contributed by atoms with Crippen LogP contribution in [0.3, 0.4) is 0 Å². The summed E-state index contributed by atoms with van der Waals surface area (Å²) in [6, 6.07) is 9.24. The van der Waals surface area contributed by atoms with Crippen molar-refractivity contribution in [3.05, 3.63) is 51.8 Å². The third-order valence-electron chi connectivity index (χ3n) is 2.19. The van der Waals surface area contributed by atoms with E-state index in [0.29, 0.717) is 5.69 Å². The summed E-state index contributed by atoms with van der Waals surface area (Å²) in [5.74, 6) is -0.340. The van der Waals surface area contributed by atoms with Crippen molar-refractivity contribution < 1.29 is 4.79 Å². The van der Waals surface area contributed by atoms with E-state index < -0.39 is 0 Å². The summed E-state index contributed by atoms with van der Waals surface area (Å²) in [7, 11) is 0. The van der Waals surface area contributed by atoms with Crippen LogP contribution < -0.4 is 5.43 Å². The Balaban J connectivity index is 1.95. The molecule has 0 saturated heterocycles. The molecule has 0 spiro atoms. The first-order chi connectivity index (χ1) is 8.65. The molecule has 6 heteroatoms. The van der Waals surface area contributed by atoms with Crippen molar-refractivity contribution in [2.24, 2.45) is 5.10 Å². The zero-order valence-corrected chi connectivity index (χ0v) is 11.2. The lowest BCUT2D eigenvalue weighted by Gasteiger charge is -1.95. The van der Waals surface area contributed by atoms with Gasteiger partial charge in [-0.15, -0.1) is 0 Å². The number of aryl methyl sites for hydroxylation is 1. The maximum Gasteiger partial charge on any atom is 0.291 e. The molecule has 0 aliphatic heterocycles. The highest BCUT2D eigenvalue weighted by Crippen LogP contribution is 2.08. The number of aromatic nitrogens is 2. The first kappa shape index (κ1) is 12.5. The normalized spacial score (nSPS) is 10.8. The Bertz CT molecular complexity index is 574. The summed E-state index contributed by atoms with van der Waals surface area (Å²) >= 11 is 3.34. The highest BCUT2D eigenvalue weighted by molar-refractivity contribution is 9.10. The standard InChI is InChI=1S/C12H11BrN4O/c1-8-6-11(16-15-8)12(18)17-14-7-9-2-4-10(13)5-3-9/h2-7H,1H3,(H,15,16)(H,17,18). The topological polar surface area (TPSA) is 70.1 Å². The number of nitrogens with one attached hydrogen (secondary N) is 2. The molecule has 2 rings (SSSR count). The number of rotatable bonds is 3. The molecule has 0 fully saturated rings. The smallest absolute Gasteiger partial charge is 0.282 e. The lowest BCUT2D eigenvalue weighted by atomic mass is 10.2. The lowest BCUT2D eigenvalue weighted by molar-refractivity contribution is 0.0950. The summed E-state index contributed by atoms with van der Waals surface area (Å²) in [5, 5.41) is 10.4. The third kappa shape index (κ3) is 3.27. The van der Waals surface area contributed by atoms with Crippen molar-refractivity contribution >= 4 is 28.1 Å². The second-order valence-electron chi connectivity index (χ2n) is 3.69. The first-order valence-corrected chi connectivity index (χ1v) is 6.05. The highest BCUT2D eigenvalue weighted by Gasteiger charge is 2.06. The number of hydrazone groups is 1. The molecular weight excluding hydrogens is 296 g/mol. The zero-order chi connectivity index (χ0) is 13.0. The quantitative estimate of drug-likeness (QED) is 0.674. The van der Waals surface area contributed by atoms with E-state index in [0.717, 1.165) is 15.7 Å². The van der Waals surface area contributed by atoms with Gasteiger partial charge in [-0.2, -0.15) is 10.2 Å². The van der Waals surface area contributed by atoms with Gasteiger partial charge in [-0.25, -0.2) is 5.43 Å². The van der Waals surface area contributed by atoms with Gasteiger partial charge in [0.2, 0.25) is 0 Å². The number of benzene rings is 1. The molecule has 0 saturated carbocycles. The SMILES string of the molecule is Cc1cc(C(=O)NN=Cc2ccc(Br)cc2)n[nH]1. The molecule has 0 atom stereocenters. The minimum atomic E-state index is -0.340.